The Morgan fingerprint density at radius 2 is 1.96 bits per heavy atom. The molecule has 0 amide bonds. The fourth-order valence-electron chi connectivity index (χ4n) is 2.86. The van der Waals surface area contributed by atoms with Crippen molar-refractivity contribution in [2.24, 2.45) is 0 Å². The summed E-state index contributed by atoms with van der Waals surface area (Å²) in [5.41, 5.74) is 1.14. The third kappa shape index (κ3) is 4.19. The van der Waals surface area contributed by atoms with E-state index in [4.69, 9.17) is 5.26 Å². The van der Waals surface area contributed by atoms with Crippen LogP contribution in [0.1, 0.15) is 11.1 Å². The first-order valence-electron chi connectivity index (χ1n) is 8.37. The van der Waals surface area contributed by atoms with Gasteiger partial charge in [0.25, 0.3) is 0 Å². The number of sulfonamides is 1. The number of likely N-dealkylation sites (N-methyl/N-ethyl adjacent to an activating group) is 1. The second-order valence-electron chi connectivity index (χ2n) is 6.24. The summed E-state index contributed by atoms with van der Waals surface area (Å²) in [4.78, 5) is 8.98. The van der Waals surface area contributed by atoms with Crippen LogP contribution < -0.4 is 9.62 Å². The summed E-state index contributed by atoms with van der Waals surface area (Å²) in [6, 6.07) is 11.6. The molecule has 1 N–H and O–H groups in total. The fourth-order valence-corrected chi connectivity index (χ4v) is 3.91. The molecule has 0 bridgehead atoms. The standard InChI is InChI=1S/C18H21N5O2S/c1-22-8-10-23(11-9-22)18-16(5-3-7-20-18)14-21-26(24,25)17-6-2-4-15(12-17)13-19/h2-7,12,21H,8-11,14H2,1H3. The average molecular weight is 371 g/mol. The predicted molar refractivity (Wildman–Crippen MR) is 99.1 cm³/mol. The lowest BCUT2D eigenvalue weighted by molar-refractivity contribution is 0.312. The zero-order valence-electron chi connectivity index (χ0n) is 14.6. The molecule has 7 nitrogen and oxygen atoms in total. The second-order valence-corrected chi connectivity index (χ2v) is 8.01. The summed E-state index contributed by atoms with van der Waals surface area (Å²) in [6.45, 7) is 3.76. The van der Waals surface area contributed by atoms with Gasteiger partial charge in [0.1, 0.15) is 5.82 Å². The highest BCUT2D eigenvalue weighted by Crippen LogP contribution is 2.19. The van der Waals surface area contributed by atoms with Crippen molar-refractivity contribution in [3.8, 4) is 6.07 Å². The Labute approximate surface area is 153 Å². The quantitative estimate of drug-likeness (QED) is 0.849. The number of nitrogens with one attached hydrogen (secondary N) is 1. The lowest BCUT2D eigenvalue weighted by Crippen LogP contribution is -2.45. The normalized spacial score (nSPS) is 15.6. The lowest BCUT2D eigenvalue weighted by Gasteiger charge is -2.34. The molecule has 0 aliphatic carbocycles. The van der Waals surface area contributed by atoms with Gasteiger partial charge in [-0.05, 0) is 31.3 Å². The first-order chi connectivity index (χ1) is 12.5. The van der Waals surface area contributed by atoms with Gasteiger partial charge in [-0.15, -0.1) is 0 Å². The minimum atomic E-state index is -3.70. The van der Waals surface area contributed by atoms with E-state index in [1.54, 1.807) is 24.4 Å². The molecule has 26 heavy (non-hydrogen) atoms. The van der Waals surface area contributed by atoms with E-state index in [1.165, 1.54) is 12.1 Å². The van der Waals surface area contributed by atoms with E-state index in [-0.39, 0.29) is 11.4 Å². The van der Waals surface area contributed by atoms with Crippen molar-refractivity contribution in [3.63, 3.8) is 0 Å². The van der Waals surface area contributed by atoms with Gasteiger partial charge in [0, 0.05) is 44.5 Å². The minimum absolute atomic E-state index is 0.0848. The third-order valence-electron chi connectivity index (χ3n) is 4.40. The third-order valence-corrected chi connectivity index (χ3v) is 5.80. The Bertz CT molecular complexity index is 915. The van der Waals surface area contributed by atoms with Crippen LogP contribution in [0.2, 0.25) is 0 Å². The van der Waals surface area contributed by atoms with Crippen molar-refractivity contribution in [1.29, 1.82) is 5.26 Å². The van der Waals surface area contributed by atoms with E-state index in [0.717, 1.165) is 37.6 Å². The fraction of sp³-hybridized carbons (Fsp3) is 0.333. The van der Waals surface area contributed by atoms with Crippen molar-refractivity contribution in [2.45, 2.75) is 11.4 Å². The first-order valence-corrected chi connectivity index (χ1v) is 9.85. The molecule has 3 rings (SSSR count). The van der Waals surface area contributed by atoms with Crippen molar-refractivity contribution in [3.05, 3.63) is 53.7 Å². The van der Waals surface area contributed by atoms with Gasteiger partial charge in [-0.1, -0.05) is 12.1 Å². The highest BCUT2D eigenvalue weighted by atomic mass is 32.2. The zero-order valence-corrected chi connectivity index (χ0v) is 15.4. The molecule has 0 atom stereocenters. The van der Waals surface area contributed by atoms with E-state index < -0.39 is 10.0 Å². The smallest absolute Gasteiger partial charge is 0.240 e. The molecule has 1 aliphatic rings. The van der Waals surface area contributed by atoms with Crippen LogP contribution in [0.15, 0.2) is 47.5 Å². The molecule has 1 fully saturated rings. The van der Waals surface area contributed by atoms with Crippen molar-refractivity contribution >= 4 is 15.8 Å². The van der Waals surface area contributed by atoms with E-state index >= 15 is 0 Å². The molecule has 2 heterocycles. The maximum Gasteiger partial charge on any atom is 0.240 e. The number of aromatic nitrogens is 1. The van der Waals surface area contributed by atoms with Crippen LogP contribution >= 0.6 is 0 Å². The summed E-state index contributed by atoms with van der Waals surface area (Å²) < 4.78 is 27.7. The summed E-state index contributed by atoms with van der Waals surface area (Å²) in [5.74, 6) is 0.814. The number of piperazine rings is 1. The largest absolute Gasteiger partial charge is 0.354 e. The van der Waals surface area contributed by atoms with E-state index in [2.05, 4.69) is 26.6 Å². The summed E-state index contributed by atoms with van der Waals surface area (Å²) >= 11 is 0. The number of anilines is 1. The first kappa shape index (κ1) is 18.3. The Morgan fingerprint density at radius 3 is 2.69 bits per heavy atom. The molecule has 2 aromatic rings. The van der Waals surface area contributed by atoms with Gasteiger partial charge in [-0.25, -0.2) is 18.1 Å². The van der Waals surface area contributed by atoms with Crippen molar-refractivity contribution in [1.82, 2.24) is 14.6 Å². The summed E-state index contributed by atoms with van der Waals surface area (Å²) in [6.07, 6.45) is 1.72. The monoisotopic (exact) mass is 371 g/mol. The number of hydrogen-bond acceptors (Lipinski definition) is 6. The van der Waals surface area contributed by atoms with Gasteiger partial charge in [-0.2, -0.15) is 5.26 Å². The Hall–Kier alpha value is -2.47. The summed E-state index contributed by atoms with van der Waals surface area (Å²) in [7, 11) is -1.62. The zero-order chi connectivity index (χ0) is 18.6. The van der Waals surface area contributed by atoms with Gasteiger partial charge < -0.3 is 9.80 Å². The molecule has 0 unspecified atom stereocenters. The van der Waals surface area contributed by atoms with Crippen molar-refractivity contribution < 1.29 is 8.42 Å². The molecule has 1 aromatic carbocycles. The molecule has 136 valence electrons. The predicted octanol–water partition coefficient (Wildman–Crippen LogP) is 1.18. The number of pyridine rings is 1. The van der Waals surface area contributed by atoms with Crippen LogP contribution in [0.3, 0.4) is 0 Å². The molecule has 1 aromatic heterocycles. The number of nitriles is 1. The number of benzene rings is 1. The Kier molecular flexibility index (Phi) is 5.52. The van der Waals surface area contributed by atoms with Crippen LogP contribution in [-0.2, 0) is 16.6 Å². The van der Waals surface area contributed by atoms with Crippen LogP contribution in [0.4, 0.5) is 5.82 Å². The number of hydrogen-bond donors (Lipinski definition) is 1. The van der Waals surface area contributed by atoms with Crippen LogP contribution in [0.5, 0.6) is 0 Å². The second kappa shape index (κ2) is 7.83. The summed E-state index contributed by atoms with van der Waals surface area (Å²) in [5, 5.41) is 8.95. The maximum atomic E-state index is 12.5. The van der Waals surface area contributed by atoms with Crippen molar-refractivity contribution in [2.75, 3.05) is 38.1 Å². The minimum Gasteiger partial charge on any atom is -0.354 e. The SMILES string of the molecule is CN1CCN(c2ncccc2CNS(=O)(=O)c2cccc(C#N)c2)CC1. The lowest BCUT2D eigenvalue weighted by atomic mass is 10.2. The average Bonchev–Trinajstić information content (AvgIpc) is 2.67. The van der Waals surface area contributed by atoms with Gasteiger partial charge in [0.15, 0.2) is 0 Å². The van der Waals surface area contributed by atoms with Gasteiger partial charge in [0.2, 0.25) is 10.0 Å². The molecular formula is C18H21N5O2S. The molecular weight excluding hydrogens is 350 g/mol. The van der Waals surface area contributed by atoms with Crippen LogP contribution in [0.25, 0.3) is 0 Å². The molecule has 1 saturated heterocycles. The number of rotatable bonds is 5. The van der Waals surface area contributed by atoms with E-state index in [9.17, 15) is 8.42 Å². The highest BCUT2D eigenvalue weighted by Gasteiger charge is 2.20. The number of nitrogens with zero attached hydrogens (tertiary/aromatic N) is 4. The van der Waals surface area contributed by atoms with Crippen LogP contribution in [-0.4, -0.2) is 51.5 Å². The van der Waals surface area contributed by atoms with Gasteiger partial charge in [-0.3, -0.25) is 0 Å². The Morgan fingerprint density at radius 1 is 1.19 bits per heavy atom. The molecule has 8 heteroatoms. The molecule has 1 aliphatic heterocycles. The topological polar surface area (TPSA) is 89.3 Å². The van der Waals surface area contributed by atoms with Gasteiger partial charge in [0.05, 0.1) is 16.5 Å². The Balaban J connectivity index is 1.76. The van der Waals surface area contributed by atoms with E-state index in [0.29, 0.717) is 5.56 Å². The van der Waals surface area contributed by atoms with E-state index in [1.807, 2.05) is 12.1 Å². The molecule has 0 saturated carbocycles. The maximum absolute atomic E-state index is 12.5. The highest BCUT2D eigenvalue weighted by molar-refractivity contribution is 7.89. The van der Waals surface area contributed by atoms with Gasteiger partial charge >= 0.3 is 0 Å². The molecule has 0 spiro atoms. The van der Waals surface area contributed by atoms with Crippen LogP contribution in [0, 0.1) is 11.3 Å². The molecule has 0 radical (unpaired) electrons.